The molecule has 1 atom stereocenters. The average Bonchev–Trinajstić information content (AvgIpc) is 2.54. The molecular weight excluding hydrogens is 314 g/mol. The van der Waals surface area contributed by atoms with E-state index in [1.54, 1.807) is 4.90 Å². The van der Waals surface area contributed by atoms with Crippen LogP contribution in [0.15, 0.2) is 18.5 Å². The van der Waals surface area contributed by atoms with Gasteiger partial charge in [0.15, 0.2) is 0 Å². The Bertz CT molecular complexity index is 552. The van der Waals surface area contributed by atoms with Gasteiger partial charge in [-0.15, -0.1) is 0 Å². The van der Waals surface area contributed by atoms with Gasteiger partial charge < -0.3 is 25.1 Å². The van der Waals surface area contributed by atoms with E-state index in [0.717, 1.165) is 19.4 Å². The summed E-state index contributed by atoms with van der Waals surface area (Å²) < 4.78 is 0. The summed E-state index contributed by atoms with van der Waals surface area (Å²) in [7, 11) is 3.94. The molecule has 1 unspecified atom stereocenters. The molecule has 0 aliphatic carbocycles. The van der Waals surface area contributed by atoms with E-state index >= 15 is 0 Å². The average molecular weight is 339 g/mol. The number of nitrogens with zero attached hydrogens (tertiary/aromatic N) is 3. The fourth-order valence-electron chi connectivity index (χ4n) is 3.09. The Balaban J connectivity index is 0.000000891. The van der Waals surface area contributed by atoms with Gasteiger partial charge in [-0.25, -0.2) is 0 Å². The standard InChI is InChI=1S/C15H23N3O3.CH2O2/c1-17(2)9-15(11-19)4-3-5-18(10-15)14(21)12-6-13(20)8-16-7-12;2-1-3/h6-8,19-20H,3-5,9-11H2,1-2H3;1H,(H,2,3). The molecule has 1 aliphatic rings. The molecule has 8 heteroatoms. The Hall–Kier alpha value is -2.19. The molecule has 2 heterocycles. The van der Waals surface area contributed by atoms with Crippen LogP contribution >= 0.6 is 0 Å². The second-order valence-corrected chi connectivity index (χ2v) is 6.26. The van der Waals surface area contributed by atoms with E-state index in [1.807, 2.05) is 19.0 Å². The van der Waals surface area contributed by atoms with Crippen molar-refractivity contribution in [2.75, 3.05) is 40.3 Å². The largest absolute Gasteiger partial charge is 0.506 e. The van der Waals surface area contributed by atoms with Crippen molar-refractivity contribution in [2.45, 2.75) is 12.8 Å². The van der Waals surface area contributed by atoms with Crippen molar-refractivity contribution in [3.8, 4) is 5.75 Å². The SMILES string of the molecule is CN(C)CC1(CO)CCCN(C(=O)c2cncc(O)c2)C1.O=CO. The number of piperidine rings is 1. The molecule has 0 radical (unpaired) electrons. The molecule has 1 saturated heterocycles. The van der Waals surface area contributed by atoms with Gasteiger partial charge >= 0.3 is 0 Å². The molecular formula is C16H25N3O5. The van der Waals surface area contributed by atoms with E-state index in [4.69, 9.17) is 9.90 Å². The minimum atomic E-state index is -0.276. The highest BCUT2D eigenvalue weighted by molar-refractivity contribution is 5.94. The Morgan fingerprint density at radius 1 is 1.46 bits per heavy atom. The maximum Gasteiger partial charge on any atom is 0.290 e. The van der Waals surface area contributed by atoms with Crippen molar-refractivity contribution in [1.29, 1.82) is 0 Å². The number of carboxylic acid groups (broad SMARTS) is 1. The van der Waals surface area contributed by atoms with Crippen molar-refractivity contribution in [3.05, 3.63) is 24.0 Å². The van der Waals surface area contributed by atoms with Gasteiger partial charge in [0, 0.05) is 31.2 Å². The summed E-state index contributed by atoms with van der Waals surface area (Å²) in [5, 5.41) is 26.1. The lowest BCUT2D eigenvalue weighted by atomic mass is 9.80. The lowest BCUT2D eigenvalue weighted by molar-refractivity contribution is -0.122. The van der Waals surface area contributed by atoms with Crippen LogP contribution in [0.3, 0.4) is 0 Å². The fraction of sp³-hybridized carbons (Fsp3) is 0.562. The van der Waals surface area contributed by atoms with Gasteiger partial charge in [-0.2, -0.15) is 0 Å². The molecule has 24 heavy (non-hydrogen) atoms. The molecule has 1 aromatic rings. The quantitative estimate of drug-likeness (QED) is 0.674. The highest BCUT2D eigenvalue weighted by Crippen LogP contribution is 2.31. The third kappa shape index (κ3) is 5.47. The number of hydrogen-bond acceptors (Lipinski definition) is 6. The predicted molar refractivity (Wildman–Crippen MR) is 87.8 cm³/mol. The molecule has 3 N–H and O–H groups in total. The third-order valence-corrected chi connectivity index (χ3v) is 3.91. The Labute approximate surface area is 141 Å². The van der Waals surface area contributed by atoms with Crippen LogP contribution in [-0.2, 0) is 4.79 Å². The van der Waals surface area contributed by atoms with Crippen molar-refractivity contribution < 1.29 is 24.9 Å². The Morgan fingerprint density at radius 2 is 2.12 bits per heavy atom. The first kappa shape index (κ1) is 19.9. The maximum absolute atomic E-state index is 12.5. The number of aliphatic hydroxyl groups excluding tert-OH is 1. The van der Waals surface area contributed by atoms with E-state index < -0.39 is 0 Å². The molecule has 0 spiro atoms. The van der Waals surface area contributed by atoms with Crippen molar-refractivity contribution in [1.82, 2.24) is 14.8 Å². The second-order valence-electron chi connectivity index (χ2n) is 6.26. The van der Waals surface area contributed by atoms with Crippen LogP contribution in [0.5, 0.6) is 5.75 Å². The normalized spacial score (nSPS) is 20.2. The summed E-state index contributed by atoms with van der Waals surface area (Å²) in [5.41, 5.74) is 0.107. The first-order valence-corrected chi connectivity index (χ1v) is 7.64. The van der Waals surface area contributed by atoms with E-state index in [9.17, 15) is 15.0 Å². The zero-order valence-corrected chi connectivity index (χ0v) is 14.1. The van der Waals surface area contributed by atoms with E-state index in [0.29, 0.717) is 18.7 Å². The summed E-state index contributed by atoms with van der Waals surface area (Å²) in [6.07, 6.45) is 4.54. The Kier molecular flexibility index (Phi) is 7.60. The smallest absolute Gasteiger partial charge is 0.290 e. The van der Waals surface area contributed by atoms with E-state index in [-0.39, 0.29) is 30.2 Å². The zero-order valence-electron chi connectivity index (χ0n) is 14.1. The molecule has 8 nitrogen and oxygen atoms in total. The number of aromatic hydroxyl groups is 1. The number of aliphatic hydroxyl groups is 1. The van der Waals surface area contributed by atoms with Gasteiger partial charge in [-0.1, -0.05) is 0 Å². The molecule has 1 fully saturated rings. The molecule has 2 rings (SSSR count). The second kappa shape index (κ2) is 9.19. The summed E-state index contributed by atoms with van der Waals surface area (Å²) in [5.74, 6) is -0.158. The highest BCUT2D eigenvalue weighted by Gasteiger charge is 2.37. The van der Waals surface area contributed by atoms with Crippen molar-refractivity contribution in [3.63, 3.8) is 0 Å². The van der Waals surface area contributed by atoms with E-state index in [2.05, 4.69) is 4.98 Å². The van der Waals surface area contributed by atoms with Gasteiger partial charge in [0.25, 0.3) is 12.4 Å². The van der Waals surface area contributed by atoms with Crippen LogP contribution in [0.2, 0.25) is 0 Å². The van der Waals surface area contributed by atoms with Gasteiger partial charge in [0.1, 0.15) is 5.75 Å². The van der Waals surface area contributed by atoms with Crippen LogP contribution in [0.4, 0.5) is 0 Å². The van der Waals surface area contributed by atoms with Crippen LogP contribution in [0, 0.1) is 5.41 Å². The Morgan fingerprint density at radius 3 is 2.67 bits per heavy atom. The monoisotopic (exact) mass is 339 g/mol. The maximum atomic E-state index is 12.5. The number of carbonyl (C=O) groups excluding carboxylic acids is 1. The molecule has 0 bridgehead atoms. The van der Waals surface area contributed by atoms with Gasteiger partial charge in [0.2, 0.25) is 0 Å². The lowest BCUT2D eigenvalue weighted by Gasteiger charge is -2.43. The number of carbonyl (C=O) groups is 2. The van der Waals surface area contributed by atoms with Gasteiger partial charge in [-0.3, -0.25) is 14.6 Å². The molecule has 1 amide bonds. The molecule has 1 aromatic heterocycles. The number of pyridine rings is 1. The number of amides is 1. The van der Waals surface area contributed by atoms with Crippen molar-refractivity contribution in [2.24, 2.45) is 5.41 Å². The van der Waals surface area contributed by atoms with Crippen LogP contribution < -0.4 is 0 Å². The fourth-order valence-corrected chi connectivity index (χ4v) is 3.09. The summed E-state index contributed by atoms with van der Waals surface area (Å²) in [6, 6.07) is 1.43. The van der Waals surface area contributed by atoms with Crippen LogP contribution in [0.25, 0.3) is 0 Å². The molecule has 0 saturated carbocycles. The predicted octanol–water partition coefficient (Wildman–Crippen LogP) is 0.264. The van der Waals surface area contributed by atoms with E-state index in [1.165, 1.54) is 18.5 Å². The summed E-state index contributed by atoms with van der Waals surface area (Å²) in [6.45, 7) is 1.75. The first-order chi connectivity index (χ1) is 11.4. The third-order valence-electron chi connectivity index (χ3n) is 3.91. The molecule has 0 aromatic carbocycles. The van der Waals surface area contributed by atoms with Gasteiger partial charge in [0.05, 0.1) is 18.4 Å². The lowest BCUT2D eigenvalue weighted by Crippen LogP contribution is -2.51. The van der Waals surface area contributed by atoms with Gasteiger partial charge in [-0.05, 0) is 33.0 Å². The van der Waals surface area contributed by atoms with Crippen molar-refractivity contribution >= 4 is 12.4 Å². The first-order valence-electron chi connectivity index (χ1n) is 7.64. The topological polar surface area (TPSA) is 114 Å². The number of hydrogen-bond donors (Lipinski definition) is 3. The van der Waals surface area contributed by atoms with Crippen LogP contribution in [-0.4, -0.2) is 82.8 Å². The van der Waals surface area contributed by atoms with Crippen LogP contribution in [0.1, 0.15) is 23.2 Å². The number of rotatable bonds is 4. The highest BCUT2D eigenvalue weighted by atomic mass is 16.3. The summed E-state index contributed by atoms with van der Waals surface area (Å²) in [4.78, 5) is 28.5. The molecule has 1 aliphatic heterocycles. The number of aromatic nitrogens is 1. The molecule has 134 valence electrons. The minimum Gasteiger partial charge on any atom is -0.506 e. The summed E-state index contributed by atoms with van der Waals surface area (Å²) >= 11 is 0. The minimum absolute atomic E-state index is 0.0143. The zero-order chi connectivity index (χ0) is 18.2. The number of likely N-dealkylation sites (tertiary alicyclic amines) is 1.